The minimum atomic E-state index is -4.72. The molecule has 1 atom stereocenters. The van der Waals surface area contributed by atoms with E-state index >= 15 is 0 Å². The molecule has 0 saturated heterocycles. The number of carbonyl (C=O) groups excluding carboxylic acids is 1. The first kappa shape index (κ1) is 12.8. The van der Waals surface area contributed by atoms with Gasteiger partial charge < -0.3 is 9.79 Å². The van der Waals surface area contributed by atoms with Crippen molar-refractivity contribution >= 4 is 13.1 Å². The van der Waals surface area contributed by atoms with Gasteiger partial charge in [0.2, 0.25) is 5.52 Å². The lowest BCUT2D eigenvalue weighted by Gasteiger charge is -2.06. The predicted octanol–water partition coefficient (Wildman–Crippen LogP) is 1.61. The first-order valence-electron chi connectivity index (χ1n) is 4.11. The van der Waals surface area contributed by atoms with Crippen LogP contribution in [0.5, 0.6) is 0 Å². The summed E-state index contributed by atoms with van der Waals surface area (Å²) in [5.41, 5.74) is -1.31. The molecule has 0 spiro atoms. The van der Waals surface area contributed by atoms with Gasteiger partial charge in [-0.15, -0.1) is 0 Å². The topological polar surface area (TPSA) is 74.6 Å². The lowest BCUT2D eigenvalue weighted by molar-refractivity contribution is -0.114. The molecule has 0 amide bonds. The van der Waals surface area contributed by atoms with Crippen LogP contribution >= 0.6 is 7.60 Å². The highest BCUT2D eigenvalue weighted by molar-refractivity contribution is 7.70. The summed E-state index contributed by atoms with van der Waals surface area (Å²) in [7, 11) is -4.72. The lowest BCUT2D eigenvalue weighted by Crippen LogP contribution is -2.09. The van der Waals surface area contributed by atoms with E-state index in [0.29, 0.717) is 6.42 Å². The van der Waals surface area contributed by atoms with E-state index in [-0.39, 0.29) is 6.42 Å². The Morgan fingerprint density at radius 1 is 1.54 bits per heavy atom. The highest BCUT2D eigenvalue weighted by Crippen LogP contribution is 2.37. The molecule has 0 aromatic heterocycles. The molecule has 4 nitrogen and oxygen atoms in total. The fraction of sp³-hybridized carbons (Fsp3) is 0.857. The predicted molar refractivity (Wildman–Crippen MR) is 46.1 cm³/mol. The van der Waals surface area contributed by atoms with Gasteiger partial charge in [0.1, 0.15) is 6.17 Å². The average molecular weight is 212 g/mol. The van der Waals surface area contributed by atoms with Gasteiger partial charge in [0.25, 0.3) is 0 Å². The summed E-state index contributed by atoms with van der Waals surface area (Å²) < 4.78 is 23.1. The van der Waals surface area contributed by atoms with Gasteiger partial charge in [0.15, 0.2) is 0 Å². The maximum absolute atomic E-state index is 12.8. The van der Waals surface area contributed by atoms with Gasteiger partial charge in [0.05, 0.1) is 6.42 Å². The molecule has 0 aliphatic carbocycles. The van der Waals surface area contributed by atoms with Crippen LogP contribution in [0.2, 0.25) is 0 Å². The zero-order valence-corrected chi connectivity index (χ0v) is 8.34. The molecule has 0 aliphatic heterocycles. The van der Waals surface area contributed by atoms with Crippen LogP contribution in [0.4, 0.5) is 4.39 Å². The quantitative estimate of drug-likeness (QED) is 0.656. The summed E-state index contributed by atoms with van der Waals surface area (Å²) in [6.07, 6.45) is -0.507. The fourth-order valence-corrected chi connectivity index (χ4v) is 1.27. The Balaban J connectivity index is 3.86. The van der Waals surface area contributed by atoms with Crippen molar-refractivity contribution in [3.8, 4) is 0 Å². The Kier molecular flexibility index (Phi) is 5.37. The number of unbranched alkanes of at least 4 members (excludes halogenated alkanes) is 1. The summed E-state index contributed by atoms with van der Waals surface area (Å²) in [5, 5.41) is 0. The molecule has 78 valence electrons. The summed E-state index contributed by atoms with van der Waals surface area (Å²) in [5.74, 6) is 0. The molecular weight excluding hydrogens is 198 g/mol. The summed E-state index contributed by atoms with van der Waals surface area (Å²) in [6.45, 7) is 1.87. The average Bonchev–Trinajstić information content (AvgIpc) is 1.99. The van der Waals surface area contributed by atoms with Gasteiger partial charge in [-0.3, -0.25) is 9.36 Å². The molecule has 0 saturated carbocycles. The van der Waals surface area contributed by atoms with Crippen LogP contribution in [0.3, 0.4) is 0 Å². The largest absolute Gasteiger partial charge is 0.391 e. The Labute approximate surface area is 76.3 Å². The number of hydrogen-bond acceptors (Lipinski definition) is 2. The number of halogens is 1. The van der Waals surface area contributed by atoms with Gasteiger partial charge >= 0.3 is 7.60 Å². The molecule has 2 N–H and O–H groups in total. The minimum absolute atomic E-state index is 0.183. The maximum Gasteiger partial charge on any atom is 0.391 e. The molecular formula is C7H14FO4P. The van der Waals surface area contributed by atoms with E-state index in [1.54, 1.807) is 0 Å². The van der Waals surface area contributed by atoms with Crippen molar-refractivity contribution < 1.29 is 23.5 Å². The molecule has 0 fully saturated rings. The number of hydrogen-bond donors (Lipinski definition) is 2. The molecule has 0 heterocycles. The number of alkyl halides is 1. The third kappa shape index (κ3) is 5.91. The molecule has 0 aromatic rings. The molecule has 13 heavy (non-hydrogen) atoms. The van der Waals surface area contributed by atoms with Gasteiger partial charge in [-0.05, 0) is 6.42 Å². The van der Waals surface area contributed by atoms with E-state index in [9.17, 15) is 13.8 Å². The Morgan fingerprint density at radius 3 is 2.46 bits per heavy atom. The van der Waals surface area contributed by atoms with Crippen molar-refractivity contribution in [1.82, 2.24) is 0 Å². The second-order valence-corrected chi connectivity index (χ2v) is 4.47. The minimum Gasteiger partial charge on any atom is -0.319 e. The van der Waals surface area contributed by atoms with Crippen LogP contribution in [-0.2, 0) is 9.36 Å². The Hall–Kier alpha value is -0.250. The van der Waals surface area contributed by atoms with Gasteiger partial charge in [-0.1, -0.05) is 19.8 Å². The third-order valence-electron chi connectivity index (χ3n) is 1.59. The standard InChI is InChI=1S/C7H14FO4P/c1-2-3-4-6(8)5-7(9)13(10,11)12/h6H,2-5H2,1H3,(H2,10,11,12). The monoisotopic (exact) mass is 212 g/mol. The van der Waals surface area contributed by atoms with Crippen LogP contribution in [0.25, 0.3) is 0 Å². The molecule has 1 unspecified atom stereocenters. The zero-order valence-electron chi connectivity index (χ0n) is 7.44. The second kappa shape index (κ2) is 5.47. The Bertz CT molecular complexity index is 213. The molecule has 0 rings (SSSR count). The SMILES string of the molecule is CCCCC(F)CC(=O)P(=O)(O)O. The lowest BCUT2D eigenvalue weighted by atomic mass is 10.1. The highest BCUT2D eigenvalue weighted by Gasteiger charge is 2.28. The molecule has 0 radical (unpaired) electrons. The maximum atomic E-state index is 12.8. The molecule has 0 aromatic carbocycles. The zero-order chi connectivity index (χ0) is 10.5. The van der Waals surface area contributed by atoms with Gasteiger partial charge in [-0.25, -0.2) is 4.39 Å². The van der Waals surface area contributed by atoms with E-state index in [2.05, 4.69) is 0 Å². The van der Waals surface area contributed by atoms with Crippen molar-refractivity contribution in [3.05, 3.63) is 0 Å². The van der Waals surface area contributed by atoms with Gasteiger partial charge in [-0.2, -0.15) is 0 Å². The number of rotatable bonds is 6. The summed E-state index contributed by atoms with van der Waals surface area (Å²) in [6, 6.07) is 0. The van der Waals surface area contributed by atoms with E-state index in [4.69, 9.17) is 9.79 Å². The summed E-state index contributed by atoms with van der Waals surface area (Å²) >= 11 is 0. The van der Waals surface area contributed by atoms with Gasteiger partial charge in [0, 0.05) is 0 Å². The third-order valence-corrected chi connectivity index (χ3v) is 2.42. The van der Waals surface area contributed by atoms with E-state index in [1.165, 1.54) is 0 Å². The van der Waals surface area contributed by atoms with Crippen LogP contribution in [-0.4, -0.2) is 21.5 Å². The second-order valence-electron chi connectivity index (χ2n) is 2.88. The Morgan fingerprint density at radius 2 is 2.08 bits per heavy atom. The van der Waals surface area contributed by atoms with Crippen molar-refractivity contribution in [2.75, 3.05) is 0 Å². The number of carbonyl (C=O) groups is 1. The first-order valence-corrected chi connectivity index (χ1v) is 5.72. The first-order chi connectivity index (χ1) is 5.88. The fourth-order valence-electron chi connectivity index (χ4n) is 0.836. The van der Waals surface area contributed by atoms with Crippen LogP contribution in [0.15, 0.2) is 0 Å². The van der Waals surface area contributed by atoms with E-state index in [1.807, 2.05) is 6.92 Å². The summed E-state index contributed by atoms with van der Waals surface area (Å²) in [4.78, 5) is 27.3. The molecule has 0 bridgehead atoms. The van der Waals surface area contributed by atoms with Crippen molar-refractivity contribution in [3.63, 3.8) is 0 Å². The molecule has 0 aliphatic rings. The van der Waals surface area contributed by atoms with Crippen LogP contribution in [0, 0.1) is 0 Å². The van der Waals surface area contributed by atoms with Crippen LogP contribution in [0.1, 0.15) is 32.6 Å². The highest BCUT2D eigenvalue weighted by atomic mass is 31.2. The smallest absolute Gasteiger partial charge is 0.319 e. The van der Waals surface area contributed by atoms with Crippen molar-refractivity contribution in [2.45, 2.75) is 38.8 Å². The van der Waals surface area contributed by atoms with Crippen molar-refractivity contribution in [1.29, 1.82) is 0 Å². The van der Waals surface area contributed by atoms with E-state index in [0.717, 1.165) is 6.42 Å². The van der Waals surface area contributed by atoms with Crippen LogP contribution < -0.4 is 0 Å². The van der Waals surface area contributed by atoms with E-state index < -0.39 is 25.7 Å². The molecule has 6 heteroatoms. The normalized spacial score (nSPS) is 14.2. The van der Waals surface area contributed by atoms with Crippen molar-refractivity contribution in [2.24, 2.45) is 0 Å².